The number of ether oxygens (including phenoxy) is 1. The van der Waals surface area contributed by atoms with Gasteiger partial charge in [0.05, 0.1) is 16.7 Å². The molecule has 0 unspecified atom stereocenters. The molecule has 3 aromatic rings. The van der Waals surface area contributed by atoms with E-state index in [9.17, 15) is 4.79 Å². The van der Waals surface area contributed by atoms with Crippen molar-refractivity contribution in [2.45, 2.75) is 45.5 Å². The first kappa shape index (κ1) is 19.6. The Bertz CT molecular complexity index is 1030. The van der Waals surface area contributed by atoms with Crippen molar-refractivity contribution in [3.05, 3.63) is 71.9 Å². The van der Waals surface area contributed by atoms with Crippen molar-refractivity contribution >= 4 is 29.5 Å². The number of para-hydroxylation sites is 1. The maximum atomic E-state index is 12.6. The lowest BCUT2D eigenvalue weighted by atomic mass is 9.77. The number of aromatic nitrogens is 1. The fourth-order valence-corrected chi connectivity index (χ4v) is 3.24. The van der Waals surface area contributed by atoms with Gasteiger partial charge < -0.3 is 14.0 Å². The first-order valence-electron chi connectivity index (χ1n) is 9.73. The molecule has 0 atom stereocenters. The van der Waals surface area contributed by atoms with Crippen LogP contribution < -0.4 is 5.46 Å². The minimum absolute atomic E-state index is 0.207. The zero-order valence-corrected chi connectivity index (χ0v) is 17.1. The summed E-state index contributed by atoms with van der Waals surface area (Å²) in [6.07, 6.45) is 0. The lowest BCUT2D eigenvalue weighted by molar-refractivity contribution is 0.00578. The van der Waals surface area contributed by atoms with E-state index < -0.39 is 24.3 Å². The summed E-state index contributed by atoms with van der Waals surface area (Å²) in [7, 11) is -0.549. The Labute approximate surface area is 171 Å². The quantitative estimate of drug-likeness (QED) is 0.501. The fraction of sp³-hybridized carbons (Fsp3) is 0.304. The third kappa shape index (κ3) is 3.78. The van der Waals surface area contributed by atoms with Crippen LogP contribution in [0.2, 0.25) is 0 Å². The molecule has 6 heteroatoms. The number of esters is 1. The van der Waals surface area contributed by atoms with Gasteiger partial charge in [0.1, 0.15) is 12.3 Å². The highest BCUT2D eigenvalue weighted by Gasteiger charge is 2.52. The number of hydrogen-bond acceptors (Lipinski definition) is 5. The Hall–Kier alpha value is -2.70. The normalized spacial score (nSPS) is 17.4. The Morgan fingerprint density at radius 3 is 2.31 bits per heavy atom. The molecular formula is C23H24BNO4. The van der Waals surface area contributed by atoms with E-state index >= 15 is 0 Å². The maximum Gasteiger partial charge on any atom is 0.497 e. The number of pyridine rings is 1. The number of benzene rings is 2. The van der Waals surface area contributed by atoms with Crippen LogP contribution in [-0.4, -0.2) is 29.3 Å². The van der Waals surface area contributed by atoms with Crippen LogP contribution in [-0.2, 0) is 20.7 Å². The zero-order valence-electron chi connectivity index (χ0n) is 17.1. The monoisotopic (exact) mass is 389 g/mol. The van der Waals surface area contributed by atoms with Crippen LogP contribution >= 0.6 is 0 Å². The molecule has 148 valence electrons. The smallest absolute Gasteiger partial charge is 0.456 e. The molecule has 0 saturated carbocycles. The second kappa shape index (κ2) is 7.28. The molecule has 2 heterocycles. The second-order valence-corrected chi connectivity index (χ2v) is 8.27. The molecule has 1 saturated heterocycles. The van der Waals surface area contributed by atoms with Crippen molar-refractivity contribution in [2.75, 3.05) is 0 Å². The molecule has 1 aliphatic rings. The molecule has 0 bridgehead atoms. The van der Waals surface area contributed by atoms with Crippen molar-refractivity contribution < 1.29 is 18.8 Å². The van der Waals surface area contributed by atoms with Crippen LogP contribution in [0, 0.1) is 0 Å². The molecule has 29 heavy (non-hydrogen) atoms. The summed E-state index contributed by atoms with van der Waals surface area (Å²) in [6, 6.07) is 19.0. The number of carbonyl (C=O) groups excluding carboxylic acids is 1. The first-order valence-corrected chi connectivity index (χ1v) is 9.73. The summed E-state index contributed by atoms with van der Waals surface area (Å²) < 4.78 is 17.8. The molecule has 5 nitrogen and oxygen atoms in total. The molecule has 1 fully saturated rings. The van der Waals surface area contributed by atoms with Crippen molar-refractivity contribution in [1.29, 1.82) is 0 Å². The molecule has 2 aromatic carbocycles. The van der Waals surface area contributed by atoms with Gasteiger partial charge in [-0.05, 0) is 44.7 Å². The lowest BCUT2D eigenvalue weighted by Crippen LogP contribution is -2.41. The SMILES string of the molecule is CC1(C)OB(c2cccc3ccc(C(=O)OCc4ccccc4)nc23)OC1(C)C. The van der Waals surface area contributed by atoms with Gasteiger partial charge in [-0.3, -0.25) is 0 Å². The van der Waals surface area contributed by atoms with Gasteiger partial charge in [0.2, 0.25) is 0 Å². The minimum Gasteiger partial charge on any atom is -0.456 e. The van der Waals surface area contributed by atoms with E-state index in [1.54, 1.807) is 6.07 Å². The molecular weight excluding hydrogens is 365 g/mol. The van der Waals surface area contributed by atoms with Gasteiger partial charge in [0, 0.05) is 5.46 Å². The third-order valence-electron chi connectivity index (χ3n) is 5.68. The summed E-state index contributed by atoms with van der Waals surface area (Å²) in [5.74, 6) is -0.459. The highest BCUT2D eigenvalue weighted by Crippen LogP contribution is 2.36. The van der Waals surface area contributed by atoms with Gasteiger partial charge in [-0.15, -0.1) is 0 Å². The number of hydrogen-bond donors (Lipinski definition) is 0. The average Bonchev–Trinajstić information content (AvgIpc) is 2.93. The first-order chi connectivity index (χ1) is 13.8. The van der Waals surface area contributed by atoms with Crippen LogP contribution in [0.3, 0.4) is 0 Å². The van der Waals surface area contributed by atoms with Crippen LogP contribution in [0.15, 0.2) is 60.7 Å². The van der Waals surface area contributed by atoms with E-state index in [0.29, 0.717) is 5.52 Å². The third-order valence-corrected chi connectivity index (χ3v) is 5.68. The largest absolute Gasteiger partial charge is 0.497 e. The Morgan fingerprint density at radius 1 is 0.931 bits per heavy atom. The topological polar surface area (TPSA) is 57.7 Å². The van der Waals surface area contributed by atoms with E-state index in [1.807, 2.05) is 82.3 Å². The molecule has 1 aliphatic heterocycles. The molecule has 1 aromatic heterocycles. The second-order valence-electron chi connectivity index (χ2n) is 8.27. The molecule has 0 aliphatic carbocycles. The van der Waals surface area contributed by atoms with E-state index in [0.717, 1.165) is 16.4 Å². The van der Waals surface area contributed by atoms with Gasteiger partial charge in [0.15, 0.2) is 0 Å². The maximum absolute atomic E-state index is 12.6. The highest BCUT2D eigenvalue weighted by atomic mass is 16.7. The zero-order chi connectivity index (χ0) is 20.6. The summed E-state index contributed by atoms with van der Waals surface area (Å²) >= 11 is 0. The average molecular weight is 389 g/mol. The standard InChI is InChI=1S/C23H24BNO4/c1-22(2)23(3,4)29-24(28-22)18-12-8-11-17-13-14-19(25-20(17)18)21(26)27-15-16-9-6-5-7-10-16/h5-14H,15H2,1-4H3. The molecule has 0 spiro atoms. The van der Waals surface area contributed by atoms with E-state index in [-0.39, 0.29) is 12.3 Å². The predicted octanol–water partition coefficient (Wildman–Crippen LogP) is 3.89. The van der Waals surface area contributed by atoms with Crippen LogP contribution in [0.5, 0.6) is 0 Å². The Kier molecular flexibility index (Phi) is 4.93. The summed E-state index contributed by atoms with van der Waals surface area (Å²) in [6.45, 7) is 8.25. The summed E-state index contributed by atoms with van der Waals surface area (Å²) in [4.78, 5) is 17.1. The van der Waals surface area contributed by atoms with E-state index in [2.05, 4.69) is 4.98 Å². The summed E-state index contributed by atoms with van der Waals surface area (Å²) in [5.41, 5.74) is 1.77. The number of nitrogens with zero attached hydrogens (tertiary/aromatic N) is 1. The fourth-order valence-electron chi connectivity index (χ4n) is 3.24. The van der Waals surface area contributed by atoms with Gasteiger partial charge in [0.25, 0.3) is 0 Å². The van der Waals surface area contributed by atoms with Crippen LogP contribution in [0.4, 0.5) is 0 Å². The van der Waals surface area contributed by atoms with Crippen molar-refractivity contribution in [3.8, 4) is 0 Å². The number of fused-ring (bicyclic) bond motifs is 1. The highest BCUT2D eigenvalue weighted by molar-refractivity contribution is 6.65. The lowest BCUT2D eigenvalue weighted by Gasteiger charge is -2.32. The summed E-state index contributed by atoms with van der Waals surface area (Å²) in [5, 5.41) is 0.914. The Morgan fingerprint density at radius 2 is 1.62 bits per heavy atom. The van der Waals surface area contributed by atoms with Gasteiger partial charge >= 0.3 is 13.1 Å². The van der Waals surface area contributed by atoms with Crippen molar-refractivity contribution in [1.82, 2.24) is 4.98 Å². The number of carbonyl (C=O) groups is 1. The minimum atomic E-state index is -0.549. The van der Waals surface area contributed by atoms with Crippen LogP contribution in [0.25, 0.3) is 10.9 Å². The molecule has 0 amide bonds. The van der Waals surface area contributed by atoms with Gasteiger partial charge in [-0.2, -0.15) is 0 Å². The molecule has 0 radical (unpaired) electrons. The van der Waals surface area contributed by atoms with Gasteiger partial charge in [-0.1, -0.05) is 54.6 Å². The van der Waals surface area contributed by atoms with Crippen molar-refractivity contribution in [3.63, 3.8) is 0 Å². The van der Waals surface area contributed by atoms with E-state index in [4.69, 9.17) is 14.0 Å². The van der Waals surface area contributed by atoms with Crippen LogP contribution in [0.1, 0.15) is 43.7 Å². The van der Waals surface area contributed by atoms with Crippen molar-refractivity contribution in [2.24, 2.45) is 0 Å². The van der Waals surface area contributed by atoms with Gasteiger partial charge in [-0.25, -0.2) is 9.78 Å². The molecule has 0 N–H and O–H groups in total. The Balaban J connectivity index is 1.62. The van der Waals surface area contributed by atoms with E-state index in [1.165, 1.54) is 0 Å². The number of rotatable bonds is 4. The molecule has 4 rings (SSSR count). The predicted molar refractivity (Wildman–Crippen MR) is 113 cm³/mol.